The van der Waals surface area contributed by atoms with Crippen molar-refractivity contribution in [3.63, 3.8) is 0 Å². The van der Waals surface area contributed by atoms with Crippen LogP contribution in [0.25, 0.3) is 0 Å². The first-order valence-corrected chi connectivity index (χ1v) is 5.23. The van der Waals surface area contributed by atoms with Crippen LogP contribution >= 0.6 is 0 Å². The Morgan fingerprint density at radius 1 is 1.35 bits per heavy atom. The van der Waals surface area contributed by atoms with Crippen LogP contribution in [0, 0.1) is 0 Å². The third kappa shape index (κ3) is 2.71. The van der Waals surface area contributed by atoms with Gasteiger partial charge in [-0.05, 0) is 12.1 Å². The van der Waals surface area contributed by atoms with Gasteiger partial charge >= 0.3 is 6.61 Å². The van der Waals surface area contributed by atoms with Crippen LogP contribution in [0.4, 0.5) is 14.5 Å². The van der Waals surface area contributed by atoms with Crippen molar-refractivity contribution in [2.75, 3.05) is 24.5 Å². The van der Waals surface area contributed by atoms with Crippen LogP contribution in [0.2, 0.25) is 0 Å². The SMILES string of the molecule is O=C1CNCCN1c1ccccc1OC(F)F. The molecule has 1 aliphatic heterocycles. The summed E-state index contributed by atoms with van der Waals surface area (Å²) in [5, 5.41) is 2.91. The zero-order chi connectivity index (χ0) is 12.3. The molecule has 0 radical (unpaired) electrons. The van der Waals surface area contributed by atoms with Crippen molar-refractivity contribution in [1.29, 1.82) is 0 Å². The van der Waals surface area contributed by atoms with Gasteiger partial charge in [0.05, 0.1) is 12.2 Å². The Morgan fingerprint density at radius 3 is 2.82 bits per heavy atom. The van der Waals surface area contributed by atoms with E-state index >= 15 is 0 Å². The summed E-state index contributed by atoms with van der Waals surface area (Å²) in [5.74, 6) is -0.126. The van der Waals surface area contributed by atoms with Crippen LogP contribution in [0.15, 0.2) is 24.3 Å². The van der Waals surface area contributed by atoms with Crippen LogP contribution in [0.5, 0.6) is 5.75 Å². The minimum Gasteiger partial charge on any atom is -0.433 e. The number of rotatable bonds is 3. The predicted octanol–water partition coefficient (Wildman–Crippen LogP) is 1.22. The van der Waals surface area contributed by atoms with Gasteiger partial charge < -0.3 is 15.0 Å². The van der Waals surface area contributed by atoms with Gasteiger partial charge in [0.25, 0.3) is 0 Å². The lowest BCUT2D eigenvalue weighted by Crippen LogP contribution is -2.48. The first-order valence-electron chi connectivity index (χ1n) is 5.23. The van der Waals surface area contributed by atoms with Gasteiger partial charge in [0, 0.05) is 13.1 Å². The third-order valence-electron chi connectivity index (χ3n) is 2.46. The lowest BCUT2D eigenvalue weighted by atomic mass is 10.2. The van der Waals surface area contributed by atoms with Crippen molar-refractivity contribution in [2.45, 2.75) is 6.61 Å². The molecule has 1 heterocycles. The first-order chi connectivity index (χ1) is 8.18. The fourth-order valence-electron chi connectivity index (χ4n) is 1.74. The molecule has 1 fully saturated rings. The van der Waals surface area contributed by atoms with Crippen LogP contribution in [-0.2, 0) is 4.79 Å². The number of benzene rings is 1. The van der Waals surface area contributed by atoms with Crippen LogP contribution in [0.3, 0.4) is 0 Å². The number of carbonyl (C=O) groups is 1. The number of nitrogens with zero attached hydrogens (tertiary/aromatic N) is 1. The molecule has 0 saturated carbocycles. The van der Waals surface area contributed by atoms with E-state index in [1.54, 1.807) is 18.2 Å². The average molecular weight is 242 g/mol. The van der Waals surface area contributed by atoms with E-state index in [1.165, 1.54) is 11.0 Å². The van der Waals surface area contributed by atoms with Crippen LogP contribution in [-0.4, -0.2) is 32.2 Å². The number of halogens is 2. The molecule has 1 N–H and O–H groups in total. The number of anilines is 1. The minimum absolute atomic E-state index is 0.0257. The molecule has 0 bridgehead atoms. The molecular weight excluding hydrogens is 230 g/mol. The fourth-order valence-corrected chi connectivity index (χ4v) is 1.74. The van der Waals surface area contributed by atoms with Crippen LogP contribution in [0.1, 0.15) is 0 Å². The molecule has 17 heavy (non-hydrogen) atoms. The molecule has 6 heteroatoms. The van der Waals surface area contributed by atoms with Crippen molar-refractivity contribution >= 4 is 11.6 Å². The Kier molecular flexibility index (Phi) is 3.53. The van der Waals surface area contributed by atoms with Gasteiger partial charge in [0.1, 0.15) is 5.75 Å². The molecule has 0 unspecified atom stereocenters. The van der Waals surface area contributed by atoms with Crippen molar-refractivity contribution in [3.8, 4) is 5.75 Å². The highest BCUT2D eigenvalue weighted by Crippen LogP contribution is 2.29. The third-order valence-corrected chi connectivity index (χ3v) is 2.46. The molecule has 2 rings (SSSR count). The molecule has 92 valence electrons. The molecule has 0 spiro atoms. The van der Waals surface area contributed by atoms with Gasteiger partial charge in [-0.25, -0.2) is 0 Å². The van der Waals surface area contributed by atoms with Crippen molar-refractivity contribution in [1.82, 2.24) is 5.32 Å². The van der Waals surface area contributed by atoms with Gasteiger partial charge in [0.2, 0.25) is 5.91 Å². The average Bonchev–Trinajstić information content (AvgIpc) is 2.30. The van der Waals surface area contributed by atoms with Crippen molar-refractivity contribution < 1.29 is 18.3 Å². The molecule has 0 aliphatic carbocycles. The summed E-state index contributed by atoms with van der Waals surface area (Å²) in [5.41, 5.74) is 0.388. The number of alkyl halides is 2. The summed E-state index contributed by atoms with van der Waals surface area (Å²) in [7, 11) is 0. The van der Waals surface area contributed by atoms with Gasteiger partial charge in [-0.3, -0.25) is 4.79 Å². The first kappa shape index (κ1) is 11.8. The van der Waals surface area contributed by atoms with E-state index in [1.807, 2.05) is 0 Å². The number of nitrogens with one attached hydrogen (secondary N) is 1. The highest BCUT2D eigenvalue weighted by atomic mass is 19.3. The maximum absolute atomic E-state index is 12.2. The molecular formula is C11H12F2N2O2. The molecule has 1 aromatic carbocycles. The molecule has 4 nitrogen and oxygen atoms in total. The lowest BCUT2D eigenvalue weighted by Gasteiger charge is -2.28. The highest BCUT2D eigenvalue weighted by Gasteiger charge is 2.22. The Balaban J connectivity index is 2.26. The summed E-state index contributed by atoms with van der Waals surface area (Å²) in [6, 6.07) is 6.30. The second kappa shape index (κ2) is 5.09. The van der Waals surface area contributed by atoms with E-state index in [0.29, 0.717) is 18.8 Å². The van der Waals surface area contributed by atoms with Gasteiger partial charge in [0.15, 0.2) is 0 Å². The highest BCUT2D eigenvalue weighted by molar-refractivity contribution is 5.96. The van der Waals surface area contributed by atoms with Crippen LogP contribution < -0.4 is 15.0 Å². The van der Waals surface area contributed by atoms with Gasteiger partial charge in [-0.2, -0.15) is 8.78 Å². The number of para-hydroxylation sites is 2. The Labute approximate surface area is 97.2 Å². The number of hydrogen-bond donors (Lipinski definition) is 1. The minimum atomic E-state index is -2.89. The smallest absolute Gasteiger partial charge is 0.387 e. The van der Waals surface area contributed by atoms with E-state index in [4.69, 9.17) is 0 Å². The largest absolute Gasteiger partial charge is 0.433 e. The van der Waals surface area contributed by atoms with Gasteiger partial charge in [-0.15, -0.1) is 0 Å². The van der Waals surface area contributed by atoms with E-state index in [0.717, 1.165) is 0 Å². The maximum Gasteiger partial charge on any atom is 0.387 e. The topological polar surface area (TPSA) is 41.6 Å². The standard InChI is InChI=1S/C11H12F2N2O2/c12-11(13)17-9-4-2-1-3-8(9)15-6-5-14-7-10(15)16/h1-4,11,14H,5-7H2. The Morgan fingerprint density at radius 2 is 2.12 bits per heavy atom. The summed E-state index contributed by atoms with van der Waals surface area (Å²) in [6.45, 7) is -1.60. The summed E-state index contributed by atoms with van der Waals surface area (Å²) < 4.78 is 28.9. The van der Waals surface area contributed by atoms with E-state index in [9.17, 15) is 13.6 Å². The monoisotopic (exact) mass is 242 g/mol. The quantitative estimate of drug-likeness (QED) is 0.866. The van der Waals surface area contributed by atoms with E-state index in [-0.39, 0.29) is 18.2 Å². The number of hydrogen-bond acceptors (Lipinski definition) is 3. The Hall–Kier alpha value is -1.69. The van der Waals surface area contributed by atoms with Crippen molar-refractivity contribution in [3.05, 3.63) is 24.3 Å². The molecule has 1 saturated heterocycles. The maximum atomic E-state index is 12.2. The number of amides is 1. The number of piperazine rings is 1. The second-order valence-electron chi connectivity index (χ2n) is 3.57. The summed E-state index contributed by atoms with van der Waals surface area (Å²) >= 11 is 0. The number of carbonyl (C=O) groups excluding carboxylic acids is 1. The predicted molar refractivity (Wildman–Crippen MR) is 58.3 cm³/mol. The van der Waals surface area contributed by atoms with E-state index in [2.05, 4.69) is 10.1 Å². The Bertz CT molecular complexity index is 412. The number of ether oxygens (including phenoxy) is 1. The van der Waals surface area contributed by atoms with Gasteiger partial charge in [-0.1, -0.05) is 12.1 Å². The summed E-state index contributed by atoms with van der Waals surface area (Å²) in [4.78, 5) is 13.1. The lowest BCUT2D eigenvalue weighted by molar-refractivity contribution is -0.118. The van der Waals surface area contributed by atoms with Crippen molar-refractivity contribution in [2.24, 2.45) is 0 Å². The molecule has 1 amide bonds. The normalized spacial score (nSPS) is 16.4. The fraction of sp³-hybridized carbons (Fsp3) is 0.364. The molecule has 1 aromatic rings. The van der Waals surface area contributed by atoms with E-state index < -0.39 is 6.61 Å². The zero-order valence-electron chi connectivity index (χ0n) is 9.03. The zero-order valence-corrected chi connectivity index (χ0v) is 9.03. The summed E-state index contributed by atoms with van der Waals surface area (Å²) in [6.07, 6.45) is 0. The second-order valence-corrected chi connectivity index (χ2v) is 3.57. The molecule has 0 atom stereocenters. The molecule has 1 aliphatic rings. The molecule has 0 aromatic heterocycles.